The second-order valence-corrected chi connectivity index (χ2v) is 5.89. The lowest BCUT2D eigenvalue weighted by Crippen LogP contribution is -2.57. The van der Waals surface area contributed by atoms with Crippen LogP contribution in [-0.2, 0) is 19.2 Å². The Hall–Kier alpha value is -1.96. The van der Waals surface area contributed by atoms with Crippen LogP contribution >= 0.6 is 0 Å². The van der Waals surface area contributed by atoms with E-state index in [0.717, 1.165) is 6.54 Å². The highest BCUT2D eigenvalue weighted by atomic mass is 16.2. The van der Waals surface area contributed by atoms with Crippen LogP contribution < -0.4 is 0 Å². The quantitative estimate of drug-likeness (QED) is 0.601. The Labute approximate surface area is 129 Å². The van der Waals surface area contributed by atoms with E-state index in [2.05, 4.69) is 0 Å². The van der Waals surface area contributed by atoms with E-state index in [1.807, 2.05) is 11.9 Å². The van der Waals surface area contributed by atoms with E-state index >= 15 is 0 Å². The first-order valence-electron chi connectivity index (χ1n) is 7.38. The number of piperazine rings is 2. The number of rotatable bonds is 4. The number of hydrogen-bond donors (Lipinski definition) is 0. The molecule has 2 aliphatic heterocycles. The highest BCUT2D eigenvalue weighted by molar-refractivity contribution is 5.91. The predicted octanol–water partition coefficient (Wildman–Crippen LogP) is -1.98. The van der Waals surface area contributed by atoms with Crippen molar-refractivity contribution in [2.75, 3.05) is 59.4 Å². The van der Waals surface area contributed by atoms with E-state index in [4.69, 9.17) is 0 Å². The molecule has 3 amide bonds. The molecule has 22 heavy (non-hydrogen) atoms. The van der Waals surface area contributed by atoms with Crippen LogP contribution in [0.15, 0.2) is 0 Å². The molecule has 8 heteroatoms. The summed E-state index contributed by atoms with van der Waals surface area (Å²) in [5.41, 5.74) is 0. The van der Waals surface area contributed by atoms with E-state index in [1.165, 1.54) is 21.6 Å². The Kier molecular flexibility index (Phi) is 5.12. The first-order valence-corrected chi connectivity index (χ1v) is 7.38. The van der Waals surface area contributed by atoms with Gasteiger partial charge in [-0.25, -0.2) is 0 Å². The van der Waals surface area contributed by atoms with Crippen molar-refractivity contribution >= 4 is 23.5 Å². The van der Waals surface area contributed by atoms with Crippen LogP contribution in [0.2, 0.25) is 0 Å². The van der Waals surface area contributed by atoms with Crippen LogP contribution in [-0.4, -0.2) is 103 Å². The Bertz CT molecular complexity index is 493. The summed E-state index contributed by atoms with van der Waals surface area (Å²) in [4.78, 5) is 53.5. The van der Waals surface area contributed by atoms with Crippen molar-refractivity contribution in [3.63, 3.8) is 0 Å². The third-order valence-corrected chi connectivity index (χ3v) is 3.92. The summed E-state index contributed by atoms with van der Waals surface area (Å²) in [5.74, 6) is -0.576. The molecule has 0 aliphatic carbocycles. The predicted molar refractivity (Wildman–Crippen MR) is 77.9 cm³/mol. The Morgan fingerprint density at radius 1 is 0.909 bits per heavy atom. The summed E-state index contributed by atoms with van der Waals surface area (Å²) in [7, 11) is 1.87. The Morgan fingerprint density at radius 3 is 2.09 bits per heavy atom. The van der Waals surface area contributed by atoms with Crippen LogP contribution in [0.25, 0.3) is 0 Å². The lowest BCUT2D eigenvalue weighted by atomic mass is 10.2. The number of nitrogens with zero attached hydrogens (tertiary/aromatic N) is 4. The first kappa shape index (κ1) is 16.4. The molecule has 0 aromatic rings. The molecule has 0 aromatic carbocycles. The highest BCUT2D eigenvalue weighted by Crippen LogP contribution is 2.07. The minimum Gasteiger partial charge on any atom is -0.332 e. The van der Waals surface area contributed by atoms with Gasteiger partial charge in [0.05, 0.1) is 26.2 Å². The number of amides is 3. The smallest absolute Gasteiger partial charge is 0.242 e. The van der Waals surface area contributed by atoms with Gasteiger partial charge in [-0.2, -0.15) is 0 Å². The van der Waals surface area contributed by atoms with E-state index < -0.39 is 0 Å². The molecule has 2 aliphatic rings. The largest absolute Gasteiger partial charge is 0.332 e. The molecule has 0 saturated carbocycles. The van der Waals surface area contributed by atoms with Crippen LogP contribution in [0.5, 0.6) is 0 Å². The minimum atomic E-state index is -0.223. The van der Waals surface area contributed by atoms with Crippen LogP contribution in [0, 0.1) is 0 Å². The van der Waals surface area contributed by atoms with Crippen LogP contribution in [0.1, 0.15) is 6.92 Å². The highest BCUT2D eigenvalue weighted by Gasteiger charge is 2.30. The fourth-order valence-electron chi connectivity index (χ4n) is 2.61. The lowest BCUT2D eigenvalue weighted by molar-refractivity contribution is -0.149. The van der Waals surface area contributed by atoms with Crippen molar-refractivity contribution in [1.82, 2.24) is 19.6 Å². The molecule has 0 N–H and O–H groups in total. The van der Waals surface area contributed by atoms with E-state index in [1.54, 1.807) is 0 Å². The minimum absolute atomic E-state index is 0.0198. The second-order valence-electron chi connectivity index (χ2n) is 5.89. The van der Waals surface area contributed by atoms with E-state index in [9.17, 15) is 19.2 Å². The maximum atomic E-state index is 12.2. The average Bonchev–Trinajstić information content (AvgIpc) is 2.43. The first-order chi connectivity index (χ1) is 10.4. The molecule has 0 radical (unpaired) electrons. The average molecular weight is 310 g/mol. The normalized spacial score (nSPS) is 20.5. The molecule has 2 rings (SSSR count). The fraction of sp³-hybridized carbons (Fsp3) is 0.714. The van der Waals surface area contributed by atoms with Crippen molar-refractivity contribution in [3.05, 3.63) is 0 Å². The van der Waals surface area contributed by atoms with Crippen LogP contribution in [0.3, 0.4) is 0 Å². The number of carbonyl (C=O) groups excluding carboxylic acids is 4. The number of Topliss-reactive ketones (excluding diaryl/α,β-unsaturated/α-hetero) is 1. The monoisotopic (exact) mass is 310 g/mol. The van der Waals surface area contributed by atoms with Crippen molar-refractivity contribution in [2.45, 2.75) is 6.92 Å². The van der Waals surface area contributed by atoms with Crippen LogP contribution in [0.4, 0.5) is 0 Å². The second kappa shape index (κ2) is 6.87. The molecule has 0 spiro atoms. The van der Waals surface area contributed by atoms with Crippen molar-refractivity contribution in [3.8, 4) is 0 Å². The number of likely N-dealkylation sites (N-methyl/N-ethyl adjacent to an activating group) is 1. The number of hydrogen-bond acceptors (Lipinski definition) is 5. The van der Waals surface area contributed by atoms with Crippen molar-refractivity contribution in [2.24, 2.45) is 0 Å². The van der Waals surface area contributed by atoms with Crippen molar-refractivity contribution < 1.29 is 19.2 Å². The zero-order valence-corrected chi connectivity index (χ0v) is 13.1. The molecule has 0 atom stereocenters. The van der Waals surface area contributed by atoms with Gasteiger partial charge in [-0.05, 0) is 14.0 Å². The summed E-state index contributed by atoms with van der Waals surface area (Å²) in [6.07, 6.45) is 0. The molecule has 2 fully saturated rings. The fourth-order valence-corrected chi connectivity index (χ4v) is 2.61. The van der Waals surface area contributed by atoms with Gasteiger partial charge < -0.3 is 14.7 Å². The topological polar surface area (TPSA) is 81.2 Å². The molecule has 2 heterocycles. The number of ketones is 1. The molecule has 2 saturated heterocycles. The third-order valence-electron chi connectivity index (χ3n) is 3.92. The Balaban J connectivity index is 1.85. The molecule has 0 unspecified atom stereocenters. The summed E-state index contributed by atoms with van der Waals surface area (Å²) < 4.78 is 0. The van der Waals surface area contributed by atoms with E-state index in [0.29, 0.717) is 26.2 Å². The van der Waals surface area contributed by atoms with Gasteiger partial charge in [0.15, 0.2) is 0 Å². The van der Waals surface area contributed by atoms with Gasteiger partial charge in [-0.15, -0.1) is 0 Å². The molecule has 0 bridgehead atoms. The molecular formula is C14H22N4O4. The maximum Gasteiger partial charge on any atom is 0.242 e. The van der Waals surface area contributed by atoms with Gasteiger partial charge in [-0.3, -0.25) is 24.1 Å². The molecule has 0 aromatic heterocycles. The SMILES string of the molecule is CC(=O)CN1CCN(C(=O)CN2CCN(C)CC2=O)CC1=O. The van der Waals surface area contributed by atoms with Gasteiger partial charge in [-0.1, -0.05) is 0 Å². The van der Waals surface area contributed by atoms with Gasteiger partial charge in [0, 0.05) is 26.2 Å². The van der Waals surface area contributed by atoms with Gasteiger partial charge in [0.25, 0.3) is 0 Å². The molecule has 8 nitrogen and oxygen atoms in total. The maximum absolute atomic E-state index is 12.2. The number of carbonyl (C=O) groups is 4. The third kappa shape index (κ3) is 4.03. The summed E-state index contributed by atoms with van der Waals surface area (Å²) in [5, 5.41) is 0. The van der Waals surface area contributed by atoms with Gasteiger partial charge in [0.2, 0.25) is 17.7 Å². The Morgan fingerprint density at radius 2 is 1.50 bits per heavy atom. The molecule has 122 valence electrons. The van der Waals surface area contributed by atoms with Gasteiger partial charge in [0.1, 0.15) is 5.78 Å². The summed E-state index contributed by atoms with van der Waals surface area (Å²) in [6.45, 7) is 3.88. The van der Waals surface area contributed by atoms with Gasteiger partial charge >= 0.3 is 0 Å². The lowest BCUT2D eigenvalue weighted by Gasteiger charge is -2.36. The zero-order chi connectivity index (χ0) is 16.3. The summed E-state index contributed by atoms with van der Waals surface area (Å²) in [6, 6.07) is 0. The standard InChI is InChI=1S/C14H22N4O4/c1-11(19)7-16-5-6-18(9-13(16)21)14(22)10-17-4-3-15(2)8-12(17)20/h3-10H2,1-2H3. The summed E-state index contributed by atoms with van der Waals surface area (Å²) >= 11 is 0. The zero-order valence-electron chi connectivity index (χ0n) is 13.1. The van der Waals surface area contributed by atoms with Crippen molar-refractivity contribution in [1.29, 1.82) is 0 Å². The van der Waals surface area contributed by atoms with E-state index in [-0.39, 0.29) is 43.1 Å². The molecular weight excluding hydrogens is 288 g/mol.